The molecule has 160 valence electrons. The first-order valence-electron chi connectivity index (χ1n) is 9.42. The number of nitrogens with one attached hydrogen (secondary N) is 1. The predicted octanol–water partition coefficient (Wildman–Crippen LogP) is 3.39. The summed E-state index contributed by atoms with van der Waals surface area (Å²) in [6, 6.07) is 7.87. The smallest absolute Gasteiger partial charge is 0.270 e. The highest BCUT2D eigenvalue weighted by molar-refractivity contribution is 7.89. The normalized spacial score (nSPS) is 15.7. The molecule has 2 aromatic rings. The fourth-order valence-corrected chi connectivity index (χ4v) is 5.16. The lowest BCUT2D eigenvalue weighted by Crippen LogP contribution is -2.41. The lowest BCUT2D eigenvalue weighted by Gasteiger charge is -2.31. The quantitative estimate of drug-likeness (QED) is 0.572. The van der Waals surface area contributed by atoms with Gasteiger partial charge in [-0.3, -0.25) is 14.9 Å². The third-order valence-corrected chi connectivity index (χ3v) is 7.32. The van der Waals surface area contributed by atoms with Crippen molar-refractivity contribution in [3.8, 4) is 0 Å². The van der Waals surface area contributed by atoms with Crippen molar-refractivity contribution in [2.75, 3.05) is 18.4 Å². The lowest BCUT2D eigenvalue weighted by molar-refractivity contribution is -0.385. The van der Waals surface area contributed by atoms with E-state index >= 15 is 0 Å². The Labute approximate surface area is 173 Å². The fraction of sp³-hybridized carbons (Fsp3) is 0.350. The first-order chi connectivity index (χ1) is 14.1. The summed E-state index contributed by atoms with van der Waals surface area (Å²) < 4.78 is 40.7. The molecule has 1 aliphatic heterocycles. The van der Waals surface area contributed by atoms with Gasteiger partial charge in [0.25, 0.3) is 5.69 Å². The number of carbonyl (C=O) groups is 1. The van der Waals surface area contributed by atoms with Crippen molar-refractivity contribution in [1.29, 1.82) is 0 Å². The maximum Gasteiger partial charge on any atom is 0.270 e. The summed E-state index contributed by atoms with van der Waals surface area (Å²) in [6.07, 6.45) is 0.598. The number of amides is 1. The van der Waals surface area contributed by atoms with E-state index in [1.54, 1.807) is 19.9 Å². The van der Waals surface area contributed by atoms with Crippen molar-refractivity contribution in [2.24, 2.45) is 5.92 Å². The highest BCUT2D eigenvalue weighted by Gasteiger charge is 2.33. The van der Waals surface area contributed by atoms with Crippen LogP contribution in [0, 0.1) is 35.7 Å². The molecule has 8 nitrogen and oxygen atoms in total. The van der Waals surface area contributed by atoms with Crippen LogP contribution in [-0.4, -0.2) is 36.6 Å². The number of piperidine rings is 1. The zero-order valence-corrected chi connectivity index (χ0v) is 17.4. The van der Waals surface area contributed by atoms with Crippen LogP contribution in [0.15, 0.2) is 41.3 Å². The minimum absolute atomic E-state index is 0.102. The highest BCUT2D eigenvalue weighted by Crippen LogP contribution is 2.29. The fourth-order valence-electron chi connectivity index (χ4n) is 3.44. The van der Waals surface area contributed by atoms with Crippen molar-refractivity contribution >= 4 is 27.3 Å². The molecule has 0 saturated carbocycles. The molecule has 1 saturated heterocycles. The average molecular weight is 435 g/mol. The van der Waals surface area contributed by atoms with Crippen LogP contribution in [0.2, 0.25) is 0 Å². The molecule has 0 aromatic heterocycles. The summed E-state index contributed by atoms with van der Waals surface area (Å²) in [6.45, 7) is 3.57. The number of nitrogens with zero attached hydrogens (tertiary/aromatic N) is 2. The number of sulfonamides is 1. The van der Waals surface area contributed by atoms with E-state index in [1.807, 2.05) is 0 Å². The second-order valence-corrected chi connectivity index (χ2v) is 9.24. The molecule has 1 fully saturated rings. The Kier molecular flexibility index (Phi) is 6.18. The molecule has 0 spiro atoms. The molecule has 0 unspecified atom stereocenters. The number of rotatable bonds is 5. The van der Waals surface area contributed by atoms with Gasteiger partial charge in [0, 0.05) is 36.8 Å². The minimum atomic E-state index is -3.92. The SMILES string of the molecule is Cc1ccc(F)cc1NC(=O)C1CCN(S(=O)(=O)c2cc([N+](=O)[O-])ccc2C)CC1. The summed E-state index contributed by atoms with van der Waals surface area (Å²) in [4.78, 5) is 22.8. The Balaban J connectivity index is 1.70. The zero-order valence-electron chi connectivity index (χ0n) is 16.6. The number of hydrogen-bond donors (Lipinski definition) is 1. The second kappa shape index (κ2) is 8.49. The molecule has 1 heterocycles. The van der Waals surface area contributed by atoms with Gasteiger partial charge in [0.1, 0.15) is 5.82 Å². The highest BCUT2D eigenvalue weighted by atomic mass is 32.2. The monoisotopic (exact) mass is 435 g/mol. The molecule has 10 heteroatoms. The lowest BCUT2D eigenvalue weighted by atomic mass is 9.97. The number of nitro groups is 1. The Hall–Kier alpha value is -2.85. The van der Waals surface area contributed by atoms with Gasteiger partial charge in [0.15, 0.2) is 0 Å². The Morgan fingerprint density at radius 2 is 1.77 bits per heavy atom. The van der Waals surface area contributed by atoms with E-state index in [9.17, 15) is 27.7 Å². The van der Waals surface area contributed by atoms with E-state index in [2.05, 4.69) is 5.32 Å². The Morgan fingerprint density at radius 1 is 1.13 bits per heavy atom. The summed E-state index contributed by atoms with van der Waals surface area (Å²) >= 11 is 0. The molecule has 1 amide bonds. The molecular weight excluding hydrogens is 413 g/mol. The van der Waals surface area contributed by atoms with E-state index < -0.39 is 26.7 Å². The Bertz CT molecular complexity index is 1100. The van der Waals surface area contributed by atoms with Crippen LogP contribution in [0.5, 0.6) is 0 Å². The van der Waals surface area contributed by atoms with E-state index in [1.165, 1.54) is 28.6 Å². The van der Waals surface area contributed by atoms with E-state index in [-0.39, 0.29) is 29.6 Å². The zero-order chi connectivity index (χ0) is 22.1. The number of carbonyl (C=O) groups excluding carboxylic acids is 1. The number of non-ortho nitro benzene ring substituents is 1. The van der Waals surface area contributed by atoms with Gasteiger partial charge in [-0.25, -0.2) is 12.8 Å². The van der Waals surface area contributed by atoms with Gasteiger partial charge in [0.2, 0.25) is 15.9 Å². The van der Waals surface area contributed by atoms with Gasteiger partial charge < -0.3 is 5.32 Å². The molecular formula is C20H22FN3O5S. The van der Waals surface area contributed by atoms with Crippen molar-refractivity contribution in [3.05, 3.63) is 63.5 Å². The van der Waals surface area contributed by atoms with E-state index in [0.29, 0.717) is 24.1 Å². The molecule has 0 atom stereocenters. The molecule has 30 heavy (non-hydrogen) atoms. The van der Waals surface area contributed by atoms with Crippen LogP contribution < -0.4 is 5.32 Å². The van der Waals surface area contributed by atoms with Crippen molar-refractivity contribution in [2.45, 2.75) is 31.6 Å². The summed E-state index contributed by atoms with van der Waals surface area (Å²) in [5.74, 6) is -1.15. The third-order valence-electron chi connectivity index (χ3n) is 5.28. The first-order valence-corrected chi connectivity index (χ1v) is 10.9. The van der Waals surface area contributed by atoms with Crippen LogP contribution in [0.4, 0.5) is 15.8 Å². The molecule has 0 aliphatic carbocycles. The maximum atomic E-state index is 13.4. The second-order valence-electron chi connectivity index (χ2n) is 7.33. The average Bonchev–Trinajstić information content (AvgIpc) is 2.70. The Morgan fingerprint density at radius 3 is 2.40 bits per heavy atom. The van der Waals surface area contributed by atoms with Crippen LogP contribution >= 0.6 is 0 Å². The number of benzene rings is 2. The summed E-state index contributed by atoms with van der Waals surface area (Å²) in [5.41, 5.74) is 1.24. The van der Waals surface area contributed by atoms with Crippen LogP contribution in [-0.2, 0) is 14.8 Å². The van der Waals surface area contributed by atoms with E-state index in [0.717, 1.165) is 11.6 Å². The largest absolute Gasteiger partial charge is 0.326 e. The number of nitro benzene ring substituents is 1. The number of hydrogen-bond acceptors (Lipinski definition) is 5. The van der Waals surface area contributed by atoms with Crippen LogP contribution in [0.1, 0.15) is 24.0 Å². The molecule has 1 N–H and O–H groups in total. The predicted molar refractivity (Wildman–Crippen MR) is 109 cm³/mol. The standard InChI is InChI=1S/C20H22FN3O5S/c1-13-3-5-16(21)11-18(13)22-20(25)15-7-9-23(10-8-15)30(28,29)19-12-17(24(26)27)6-4-14(19)2/h3-6,11-12,15H,7-10H2,1-2H3,(H,22,25). The number of aryl methyl sites for hydroxylation is 2. The molecule has 3 rings (SSSR count). The molecule has 1 aliphatic rings. The number of anilines is 1. The van der Waals surface area contributed by atoms with Gasteiger partial charge in [-0.05, 0) is 49.9 Å². The minimum Gasteiger partial charge on any atom is -0.326 e. The van der Waals surface area contributed by atoms with Gasteiger partial charge in [-0.1, -0.05) is 12.1 Å². The van der Waals surface area contributed by atoms with Gasteiger partial charge >= 0.3 is 0 Å². The summed E-state index contributed by atoms with van der Waals surface area (Å²) in [7, 11) is -3.92. The maximum absolute atomic E-state index is 13.4. The van der Waals surface area contributed by atoms with Crippen molar-refractivity contribution in [3.63, 3.8) is 0 Å². The van der Waals surface area contributed by atoms with Crippen molar-refractivity contribution in [1.82, 2.24) is 4.31 Å². The first kappa shape index (κ1) is 21.8. The molecule has 0 radical (unpaired) electrons. The summed E-state index contributed by atoms with van der Waals surface area (Å²) in [5, 5.41) is 13.7. The van der Waals surface area contributed by atoms with Gasteiger partial charge in [-0.2, -0.15) is 4.31 Å². The molecule has 2 aromatic carbocycles. The third kappa shape index (κ3) is 4.49. The van der Waals surface area contributed by atoms with Crippen LogP contribution in [0.25, 0.3) is 0 Å². The number of halogens is 1. The molecule has 0 bridgehead atoms. The van der Waals surface area contributed by atoms with E-state index in [4.69, 9.17) is 0 Å². The van der Waals surface area contributed by atoms with Crippen molar-refractivity contribution < 1.29 is 22.5 Å². The van der Waals surface area contributed by atoms with Gasteiger partial charge in [-0.15, -0.1) is 0 Å². The van der Waals surface area contributed by atoms with Gasteiger partial charge in [0.05, 0.1) is 9.82 Å². The topological polar surface area (TPSA) is 110 Å². The van der Waals surface area contributed by atoms with Crippen LogP contribution in [0.3, 0.4) is 0 Å².